The van der Waals surface area contributed by atoms with E-state index in [0.29, 0.717) is 6.42 Å². The molecule has 5 heteroatoms. The van der Waals surface area contributed by atoms with Crippen LogP contribution in [0.15, 0.2) is 40.9 Å². The monoisotopic (exact) mass is 211 g/mol. The molecule has 1 heterocycles. The van der Waals surface area contributed by atoms with E-state index in [0.717, 1.165) is 17.0 Å². The first-order valence-corrected chi connectivity index (χ1v) is 4.52. The van der Waals surface area contributed by atoms with Crippen LogP contribution in [0.25, 0.3) is 11.3 Å². The van der Waals surface area contributed by atoms with Gasteiger partial charge in [-0.15, -0.1) is 0 Å². The zero-order valence-corrected chi connectivity index (χ0v) is 8.68. The number of aromatic nitrogens is 1. The SMILES string of the molecule is OCCc1cc(-c2ccccc2)on1.[BH4-].[Li+]. The molecule has 0 bridgehead atoms. The maximum Gasteiger partial charge on any atom is 1.00 e. The van der Waals surface area contributed by atoms with Gasteiger partial charge in [-0.1, -0.05) is 43.9 Å². The molecule has 3 nitrogen and oxygen atoms in total. The molecule has 80 valence electrons. The summed E-state index contributed by atoms with van der Waals surface area (Å²) in [6.45, 7) is 0.0980. The largest absolute Gasteiger partial charge is 1.00 e. The summed E-state index contributed by atoms with van der Waals surface area (Å²) >= 11 is 0. The maximum absolute atomic E-state index is 8.72. The molecule has 0 atom stereocenters. The van der Waals surface area contributed by atoms with Crippen LogP contribution in [-0.4, -0.2) is 25.3 Å². The van der Waals surface area contributed by atoms with Gasteiger partial charge in [-0.2, -0.15) is 0 Å². The van der Waals surface area contributed by atoms with Crippen molar-refractivity contribution in [2.24, 2.45) is 0 Å². The molecular weight excluding hydrogens is 196 g/mol. The van der Waals surface area contributed by atoms with Crippen LogP contribution >= 0.6 is 0 Å². The Morgan fingerprint density at radius 1 is 1.19 bits per heavy atom. The van der Waals surface area contributed by atoms with E-state index in [9.17, 15) is 0 Å². The average Bonchev–Trinajstić information content (AvgIpc) is 2.68. The number of hydrogen-bond acceptors (Lipinski definition) is 3. The van der Waals surface area contributed by atoms with Crippen LogP contribution in [0.3, 0.4) is 0 Å². The standard InChI is InChI=1S/C11H11NO2.BH4.Li/c13-7-6-10-8-11(14-12-10)9-4-2-1-3-5-9;;/h1-5,8,13H,6-7H2;1H4;/q;-1;+1. The molecule has 1 N–H and O–H groups in total. The van der Waals surface area contributed by atoms with E-state index in [1.165, 1.54) is 0 Å². The second-order valence-corrected chi connectivity index (χ2v) is 3.02. The van der Waals surface area contributed by atoms with E-state index in [2.05, 4.69) is 5.16 Å². The van der Waals surface area contributed by atoms with E-state index in [1.807, 2.05) is 36.4 Å². The summed E-state index contributed by atoms with van der Waals surface area (Å²) in [5.74, 6) is 0.744. The molecule has 1 aromatic heterocycles. The summed E-state index contributed by atoms with van der Waals surface area (Å²) in [7, 11) is 0. The van der Waals surface area contributed by atoms with Gasteiger partial charge in [0, 0.05) is 24.7 Å². The van der Waals surface area contributed by atoms with Crippen LogP contribution in [-0.2, 0) is 6.42 Å². The molecular formula is C11H15BLiNO2. The molecule has 0 spiro atoms. The molecule has 0 aliphatic carbocycles. The number of hydrogen-bond donors (Lipinski definition) is 1. The van der Waals surface area contributed by atoms with Crippen molar-refractivity contribution in [3.8, 4) is 11.3 Å². The van der Waals surface area contributed by atoms with Crippen LogP contribution in [0.2, 0.25) is 0 Å². The summed E-state index contributed by atoms with van der Waals surface area (Å²) in [6, 6.07) is 11.6. The first-order chi connectivity index (χ1) is 6.90. The fourth-order valence-electron chi connectivity index (χ4n) is 1.28. The summed E-state index contributed by atoms with van der Waals surface area (Å²) in [5, 5.41) is 12.6. The Kier molecular flexibility index (Phi) is 6.91. The van der Waals surface area contributed by atoms with Crippen molar-refractivity contribution >= 4 is 8.41 Å². The quantitative estimate of drug-likeness (QED) is 0.567. The molecule has 0 aliphatic heterocycles. The molecule has 0 unspecified atom stereocenters. The van der Waals surface area contributed by atoms with Gasteiger partial charge in [0.2, 0.25) is 0 Å². The molecule has 1 aromatic carbocycles. The predicted molar refractivity (Wildman–Crippen MR) is 64.1 cm³/mol. The topological polar surface area (TPSA) is 46.3 Å². The Bertz CT molecular complexity index is 405. The number of benzene rings is 1. The third kappa shape index (κ3) is 3.57. The Balaban J connectivity index is 0.00000112. The summed E-state index contributed by atoms with van der Waals surface area (Å²) in [6.07, 6.45) is 0.538. The van der Waals surface area contributed by atoms with Gasteiger partial charge in [-0.3, -0.25) is 0 Å². The second-order valence-electron chi connectivity index (χ2n) is 3.02. The fourth-order valence-corrected chi connectivity index (χ4v) is 1.28. The van der Waals surface area contributed by atoms with Crippen LogP contribution in [0.5, 0.6) is 0 Å². The van der Waals surface area contributed by atoms with Gasteiger partial charge >= 0.3 is 18.9 Å². The predicted octanol–water partition coefficient (Wildman–Crippen LogP) is -2.57. The molecule has 2 rings (SSSR count). The molecule has 0 aliphatic rings. The normalized spacial score (nSPS) is 9.06. The zero-order valence-electron chi connectivity index (χ0n) is 8.68. The van der Waals surface area contributed by atoms with Crippen molar-refractivity contribution in [2.45, 2.75) is 6.42 Å². The van der Waals surface area contributed by atoms with Crippen molar-refractivity contribution in [2.75, 3.05) is 6.61 Å². The first kappa shape index (κ1) is 15.1. The van der Waals surface area contributed by atoms with Gasteiger partial charge in [-0.25, -0.2) is 0 Å². The number of rotatable bonds is 3. The van der Waals surface area contributed by atoms with Gasteiger partial charge in [0.25, 0.3) is 0 Å². The molecule has 2 aromatic rings. The first-order valence-electron chi connectivity index (χ1n) is 4.52. The summed E-state index contributed by atoms with van der Waals surface area (Å²) < 4.78 is 5.14. The minimum absolute atomic E-state index is 0. The maximum atomic E-state index is 8.72. The van der Waals surface area contributed by atoms with Crippen molar-refractivity contribution in [1.29, 1.82) is 0 Å². The van der Waals surface area contributed by atoms with Crippen molar-refractivity contribution < 1.29 is 28.5 Å². The second kappa shape index (κ2) is 7.35. The molecule has 0 radical (unpaired) electrons. The van der Waals surface area contributed by atoms with E-state index in [1.54, 1.807) is 0 Å². The smallest absolute Gasteiger partial charge is 0.396 e. The Hall–Kier alpha value is -0.948. The minimum atomic E-state index is 0. The van der Waals surface area contributed by atoms with Gasteiger partial charge in [-0.05, 0) is 0 Å². The summed E-state index contributed by atoms with van der Waals surface area (Å²) in [4.78, 5) is 0. The van der Waals surface area contributed by atoms with Crippen LogP contribution < -0.4 is 18.9 Å². The van der Waals surface area contributed by atoms with Gasteiger partial charge < -0.3 is 9.63 Å². The zero-order chi connectivity index (χ0) is 9.80. The van der Waals surface area contributed by atoms with Crippen LogP contribution in [0, 0.1) is 0 Å². The van der Waals surface area contributed by atoms with Gasteiger partial charge in [0.05, 0.1) is 5.69 Å². The van der Waals surface area contributed by atoms with Gasteiger partial charge in [0.15, 0.2) is 5.76 Å². The Morgan fingerprint density at radius 3 is 2.50 bits per heavy atom. The van der Waals surface area contributed by atoms with Crippen molar-refractivity contribution in [3.05, 3.63) is 42.1 Å². The molecule has 0 saturated heterocycles. The van der Waals surface area contributed by atoms with E-state index >= 15 is 0 Å². The van der Waals surface area contributed by atoms with Crippen molar-refractivity contribution in [3.63, 3.8) is 0 Å². The number of aliphatic hydroxyl groups excluding tert-OH is 1. The Labute approximate surface area is 109 Å². The van der Waals surface area contributed by atoms with Gasteiger partial charge in [0.1, 0.15) is 0 Å². The van der Waals surface area contributed by atoms with E-state index < -0.39 is 0 Å². The molecule has 0 fully saturated rings. The van der Waals surface area contributed by atoms with E-state index in [4.69, 9.17) is 9.63 Å². The minimum Gasteiger partial charge on any atom is -0.396 e. The number of aliphatic hydroxyl groups is 1. The molecule has 0 amide bonds. The molecule has 0 saturated carbocycles. The fraction of sp³-hybridized carbons (Fsp3) is 0.182. The summed E-state index contributed by atoms with van der Waals surface area (Å²) in [5.41, 5.74) is 1.79. The Morgan fingerprint density at radius 2 is 1.88 bits per heavy atom. The van der Waals surface area contributed by atoms with Crippen LogP contribution in [0.4, 0.5) is 0 Å². The third-order valence-corrected chi connectivity index (χ3v) is 1.99. The van der Waals surface area contributed by atoms with Crippen LogP contribution in [0.1, 0.15) is 5.69 Å². The number of nitrogens with zero attached hydrogens (tertiary/aromatic N) is 1. The third-order valence-electron chi connectivity index (χ3n) is 1.99. The average molecular weight is 211 g/mol. The van der Waals surface area contributed by atoms with Crippen molar-refractivity contribution in [1.82, 2.24) is 5.16 Å². The molecule has 16 heavy (non-hydrogen) atoms. The van der Waals surface area contributed by atoms with E-state index in [-0.39, 0.29) is 33.9 Å².